The monoisotopic (exact) mass is 218 g/mol. The normalized spacial score (nSPS) is 10.7. The number of imidazole rings is 1. The number of methoxy groups -OCH3 is 1. The summed E-state index contributed by atoms with van der Waals surface area (Å²) in [5, 5.41) is 0. The van der Waals surface area contributed by atoms with E-state index in [0.29, 0.717) is 11.4 Å². The van der Waals surface area contributed by atoms with E-state index in [1.165, 1.54) is 7.11 Å². The Hall–Kier alpha value is -1.84. The molecule has 0 unspecified atom stereocenters. The molecule has 16 heavy (non-hydrogen) atoms. The number of aromatic nitrogens is 2. The third kappa shape index (κ3) is 1.46. The first-order valence-electron chi connectivity index (χ1n) is 5.24. The lowest BCUT2D eigenvalue weighted by atomic mass is 10.2. The molecule has 0 aliphatic heterocycles. The van der Waals surface area contributed by atoms with Crippen molar-refractivity contribution in [2.75, 3.05) is 7.11 Å². The Labute approximate surface area is 93.9 Å². The summed E-state index contributed by atoms with van der Waals surface area (Å²) >= 11 is 0. The number of ether oxygens (including phenoxy) is 1. The Morgan fingerprint density at radius 3 is 2.94 bits per heavy atom. The van der Waals surface area contributed by atoms with Gasteiger partial charge < -0.3 is 4.74 Å². The minimum Gasteiger partial charge on any atom is -0.464 e. The van der Waals surface area contributed by atoms with Crippen LogP contribution in [0.15, 0.2) is 18.3 Å². The molecule has 0 aliphatic rings. The standard InChI is InChI=1S/C12H14N2O2/c1-4-9-6-5-7-14-10(12(15)16-3)8(2)13-11(9)14/h5-7H,4H2,1-3H3. The maximum Gasteiger partial charge on any atom is 0.356 e. The molecule has 0 N–H and O–H groups in total. The van der Waals surface area contributed by atoms with E-state index in [1.807, 2.05) is 25.3 Å². The summed E-state index contributed by atoms with van der Waals surface area (Å²) in [5.74, 6) is -0.349. The average molecular weight is 218 g/mol. The zero-order chi connectivity index (χ0) is 11.7. The number of carbonyl (C=O) groups is 1. The van der Waals surface area contributed by atoms with E-state index in [1.54, 1.807) is 4.40 Å². The maximum atomic E-state index is 11.6. The van der Waals surface area contributed by atoms with Crippen molar-refractivity contribution >= 4 is 11.6 Å². The van der Waals surface area contributed by atoms with Gasteiger partial charge in [0.2, 0.25) is 0 Å². The van der Waals surface area contributed by atoms with Gasteiger partial charge in [-0.3, -0.25) is 4.40 Å². The molecule has 4 heteroatoms. The minimum absolute atomic E-state index is 0.349. The zero-order valence-corrected chi connectivity index (χ0v) is 9.65. The van der Waals surface area contributed by atoms with Crippen LogP contribution in [0.3, 0.4) is 0 Å². The first-order valence-corrected chi connectivity index (χ1v) is 5.24. The number of hydrogen-bond donors (Lipinski definition) is 0. The molecular formula is C12H14N2O2. The Morgan fingerprint density at radius 1 is 1.56 bits per heavy atom. The fourth-order valence-electron chi connectivity index (χ4n) is 1.86. The van der Waals surface area contributed by atoms with E-state index >= 15 is 0 Å². The predicted molar refractivity (Wildman–Crippen MR) is 60.6 cm³/mol. The fourth-order valence-corrected chi connectivity index (χ4v) is 1.86. The topological polar surface area (TPSA) is 43.6 Å². The van der Waals surface area contributed by atoms with Crippen LogP contribution >= 0.6 is 0 Å². The predicted octanol–water partition coefficient (Wildman–Crippen LogP) is 1.99. The van der Waals surface area contributed by atoms with Gasteiger partial charge in [0.1, 0.15) is 5.65 Å². The quantitative estimate of drug-likeness (QED) is 0.724. The smallest absolute Gasteiger partial charge is 0.356 e. The van der Waals surface area contributed by atoms with Crippen LogP contribution in [0.1, 0.15) is 28.7 Å². The Balaban J connectivity index is 2.76. The molecule has 0 saturated carbocycles. The van der Waals surface area contributed by atoms with Crippen molar-refractivity contribution in [1.29, 1.82) is 0 Å². The highest BCUT2D eigenvalue weighted by Crippen LogP contribution is 2.16. The van der Waals surface area contributed by atoms with E-state index in [2.05, 4.69) is 11.9 Å². The second kappa shape index (κ2) is 3.96. The molecule has 2 heterocycles. The molecule has 2 aromatic heterocycles. The third-order valence-corrected chi connectivity index (χ3v) is 2.66. The van der Waals surface area contributed by atoms with Crippen molar-refractivity contribution in [2.45, 2.75) is 20.3 Å². The summed E-state index contributed by atoms with van der Waals surface area (Å²) in [6.07, 6.45) is 2.72. The Morgan fingerprint density at radius 2 is 2.31 bits per heavy atom. The number of fused-ring (bicyclic) bond motifs is 1. The van der Waals surface area contributed by atoms with Crippen molar-refractivity contribution in [2.24, 2.45) is 0 Å². The molecule has 0 aliphatic carbocycles. The minimum atomic E-state index is -0.349. The van der Waals surface area contributed by atoms with Crippen LogP contribution in [0.2, 0.25) is 0 Å². The number of pyridine rings is 1. The molecular weight excluding hydrogens is 204 g/mol. The first-order chi connectivity index (χ1) is 7.69. The summed E-state index contributed by atoms with van der Waals surface area (Å²) in [5.41, 5.74) is 3.17. The number of esters is 1. The molecule has 0 saturated heterocycles. The maximum absolute atomic E-state index is 11.6. The lowest BCUT2D eigenvalue weighted by Gasteiger charge is -2.02. The van der Waals surface area contributed by atoms with Crippen molar-refractivity contribution in [3.8, 4) is 0 Å². The summed E-state index contributed by atoms with van der Waals surface area (Å²) in [6.45, 7) is 3.88. The van der Waals surface area contributed by atoms with Crippen LogP contribution < -0.4 is 0 Å². The van der Waals surface area contributed by atoms with Crippen molar-refractivity contribution in [1.82, 2.24) is 9.38 Å². The van der Waals surface area contributed by atoms with Crippen LogP contribution in [-0.4, -0.2) is 22.5 Å². The Kier molecular flexibility index (Phi) is 2.64. The lowest BCUT2D eigenvalue weighted by Crippen LogP contribution is -2.07. The van der Waals surface area contributed by atoms with Gasteiger partial charge in [0.25, 0.3) is 0 Å². The van der Waals surface area contributed by atoms with Gasteiger partial charge in [0.15, 0.2) is 5.69 Å². The summed E-state index contributed by atoms with van der Waals surface area (Å²) in [4.78, 5) is 16.0. The van der Waals surface area contributed by atoms with E-state index in [9.17, 15) is 4.79 Å². The third-order valence-electron chi connectivity index (χ3n) is 2.66. The molecule has 4 nitrogen and oxygen atoms in total. The van der Waals surface area contributed by atoms with E-state index in [0.717, 1.165) is 17.6 Å². The van der Waals surface area contributed by atoms with Gasteiger partial charge >= 0.3 is 5.97 Å². The zero-order valence-electron chi connectivity index (χ0n) is 9.65. The van der Waals surface area contributed by atoms with E-state index in [-0.39, 0.29) is 5.97 Å². The summed E-state index contributed by atoms with van der Waals surface area (Å²) in [7, 11) is 1.38. The molecule has 2 aromatic rings. The second-order valence-electron chi connectivity index (χ2n) is 3.62. The molecule has 0 fully saturated rings. The van der Waals surface area contributed by atoms with Crippen LogP contribution in [0.5, 0.6) is 0 Å². The average Bonchev–Trinajstić information content (AvgIpc) is 2.63. The molecule has 0 amide bonds. The number of aryl methyl sites for hydroxylation is 2. The van der Waals surface area contributed by atoms with Crippen LogP contribution in [0.25, 0.3) is 5.65 Å². The highest BCUT2D eigenvalue weighted by atomic mass is 16.5. The SMILES string of the molecule is CCc1cccn2c(C(=O)OC)c(C)nc12. The lowest BCUT2D eigenvalue weighted by molar-refractivity contribution is 0.0592. The van der Waals surface area contributed by atoms with Crippen molar-refractivity contribution in [3.05, 3.63) is 35.3 Å². The van der Waals surface area contributed by atoms with Gasteiger partial charge in [-0.25, -0.2) is 9.78 Å². The number of rotatable bonds is 2. The van der Waals surface area contributed by atoms with Crippen LogP contribution in [0, 0.1) is 6.92 Å². The van der Waals surface area contributed by atoms with Gasteiger partial charge in [-0.2, -0.15) is 0 Å². The molecule has 0 radical (unpaired) electrons. The largest absolute Gasteiger partial charge is 0.464 e. The van der Waals surface area contributed by atoms with Gasteiger partial charge in [0.05, 0.1) is 12.8 Å². The number of hydrogen-bond acceptors (Lipinski definition) is 3. The molecule has 0 atom stereocenters. The fraction of sp³-hybridized carbons (Fsp3) is 0.333. The highest BCUT2D eigenvalue weighted by Gasteiger charge is 2.17. The summed E-state index contributed by atoms with van der Waals surface area (Å²) < 4.78 is 6.55. The van der Waals surface area contributed by atoms with Gasteiger partial charge in [-0.05, 0) is 25.0 Å². The van der Waals surface area contributed by atoms with Crippen LogP contribution in [0.4, 0.5) is 0 Å². The first kappa shape index (κ1) is 10.7. The molecule has 84 valence electrons. The van der Waals surface area contributed by atoms with E-state index in [4.69, 9.17) is 4.74 Å². The second-order valence-corrected chi connectivity index (χ2v) is 3.62. The van der Waals surface area contributed by atoms with Gasteiger partial charge in [0, 0.05) is 6.20 Å². The summed E-state index contributed by atoms with van der Waals surface area (Å²) in [6, 6.07) is 3.93. The highest BCUT2D eigenvalue weighted by molar-refractivity contribution is 5.90. The van der Waals surface area contributed by atoms with Crippen molar-refractivity contribution in [3.63, 3.8) is 0 Å². The van der Waals surface area contributed by atoms with E-state index < -0.39 is 0 Å². The van der Waals surface area contributed by atoms with Gasteiger partial charge in [-0.1, -0.05) is 13.0 Å². The number of nitrogens with zero attached hydrogens (tertiary/aromatic N) is 2. The number of carbonyl (C=O) groups excluding carboxylic acids is 1. The van der Waals surface area contributed by atoms with Gasteiger partial charge in [-0.15, -0.1) is 0 Å². The Bertz CT molecular complexity index is 543. The van der Waals surface area contributed by atoms with Crippen LogP contribution in [-0.2, 0) is 11.2 Å². The molecule has 0 bridgehead atoms. The van der Waals surface area contributed by atoms with Crippen molar-refractivity contribution < 1.29 is 9.53 Å². The molecule has 0 spiro atoms. The molecule has 0 aromatic carbocycles. The molecule has 2 rings (SSSR count).